The van der Waals surface area contributed by atoms with E-state index >= 15 is 0 Å². The van der Waals surface area contributed by atoms with Crippen molar-refractivity contribution in [2.75, 3.05) is 20.0 Å². The highest BCUT2D eigenvalue weighted by Crippen LogP contribution is 2.43. The molecule has 0 saturated heterocycles. The number of hydrogen-bond acceptors (Lipinski definition) is 6. The van der Waals surface area contributed by atoms with E-state index in [-0.39, 0.29) is 0 Å². The van der Waals surface area contributed by atoms with Gasteiger partial charge in [-0.05, 0) is 36.2 Å². The molecule has 0 aliphatic rings. The van der Waals surface area contributed by atoms with E-state index < -0.39 is 5.91 Å². The van der Waals surface area contributed by atoms with Gasteiger partial charge in [-0.15, -0.1) is 11.3 Å². The van der Waals surface area contributed by atoms with Crippen LogP contribution in [0.25, 0.3) is 32.6 Å². The average molecular weight is 420 g/mol. The summed E-state index contributed by atoms with van der Waals surface area (Å²) in [5, 5.41) is 0.705. The van der Waals surface area contributed by atoms with Crippen LogP contribution in [0.1, 0.15) is 15.2 Å². The zero-order valence-electron chi connectivity index (χ0n) is 16.9. The highest BCUT2D eigenvalue weighted by Gasteiger charge is 2.21. The first kappa shape index (κ1) is 19.7. The molecule has 0 radical (unpaired) electrons. The van der Waals surface area contributed by atoms with Crippen molar-refractivity contribution in [3.05, 3.63) is 59.0 Å². The summed E-state index contributed by atoms with van der Waals surface area (Å²) in [5.74, 6) is 0.660. The molecule has 0 saturated carbocycles. The number of amides is 1. The van der Waals surface area contributed by atoms with Crippen LogP contribution in [-0.4, -0.2) is 25.1 Å². The van der Waals surface area contributed by atoms with Crippen LogP contribution in [0, 0.1) is 6.92 Å². The third-order valence-corrected chi connectivity index (χ3v) is 6.08. The Kier molecular flexibility index (Phi) is 5.05. The Bertz CT molecular complexity index is 1260. The van der Waals surface area contributed by atoms with Gasteiger partial charge in [0, 0.05) is 10.9 Å². The van der Waals surface area contributed by atoms with E-state index in [1.165, 1.54) is 11.3 Å². The summed E-state index contributed by atoms with van der Waals surface area (Å²) in [6, 6.07) is 15.7. The van der Waals surface area contributed by atoms with Crippen molar-refractivity contribution < 1.29 is 14.3 Å². The number of methoxy groups -OCH3 is 2. The number of carbonyl (C=O) groups is 1. The number of thiophene rings is 1. The van der Waals surface area contributed by atoms with Crippen LogP contribution in [0.15, 0.2) is 48.5 Å². The second-order valence-electron chi connectivity index (χ2n) is 6.88. The molecular formula is C23H21N3O3S. The number of aryl methyl sites for hydroxylation is 1. The lowest BCUT2D eigenvalue weighted by atomic mass is 9.98. The van der Waals surface area contributed by atoms with Crippen molar-refractivity contribution in [1.29, 1.82) is 0 Å². The number of ether oxygens (including phenoxy) is 2. The van der Waals surface area contributed by atoms with Gasteiger partial charge in [0.2, 0.25) is 0 Å². The van der Waals surface area contributed by atoms with Gasteiger partial charge in [0.15, 0.2) is 11.5 Å². The highest BCUT2D eigenvalue weighted by molar-refractivity contribution is 7.21. The fraction of sp³-hybridized carbons (Fsp3) is 0.130. The van der Waals surface area contributed by atoms with Crippen molar-refractivity contribution in [3.8, 4) is 33.9 Å². The van der Waals surface area contributed by atoms with Crippen LogP contribution in [0.2, 0.25) is 0 Å². The van der Waals surface area contributed by atoms with Crippen molar-refractivity contribution in [2.24, 2.45) is 5.73 Å². The molecule has 4 aromatic rings. The van der Waals surface area contributed by atoms with Gasteiger partial charge in [0.1, 0.15) is 9.71 Å². The van der Waals surface area contributed by atoms with E-state index in [1.807, 2.05) is 55.5 Å². The number of hydrogen-bond donors (Lipinski definition) is 2. The summed E-state index contributed by atoms with van der Waals surface area (Å²) >= 11 is 1.20. The molecule has 152 valence electrons. The molecule has 7 heteroatoms. The monoisotopic (exact) mass is 419 g/mol. The van der Waals surface area contributed by atoms with Gasteiger partial charge in [0.05, 0.1) is 25.6 Å². The van der Waals surface area contributed by atoms with Gasteiger partial charge in [-0.25, -0.2) is 4.98 Å². The third-order valence-electron chi connectivity index (χ3n) is 4.96. The van der Waals surface area contributed by atoms with Crippen molar-refractivity contribution in [3.63, 3.8) is 0 Å². The molecule has 0 spiro atoms. The number of benzene rings is 2. The molecule has 4 rings (SSSR count). The second-order valence-corrected chi connectivity index (χ2v) is 7.88. The van der Waals surface area contributed by atoms with Crippen molar-refractivity contribution in [1.82, 2.24) is 4.98 Å². The second kappa shape index (κ2) is 7.68. The third kappa shape index (κ3) is 3.33. The van der Waals surface area contributed by atoms with Gasteiger partial charge in [-0.3, -0.25) is 4.79 Å². The zero-order valence-corrected chi connectivity index (χ0v) is 17.7. The van der Waals surface area contributed by atoms with Crippen LogP contribution in [0.3, 0.4) is 0 Å². The topological polar surface area (TPSA) is 100 Å². The molecule has 1 amide bonds. The summed E-state index contributed by atoms with van der Waals surface area (Å²) in [7, 11) is 3.18. The minimum absolute atomic E-state index is 0.306. The Hall–Kier alpha value is -3.58. The first-order chi connectivity index (χ1) is 14.4. The molecule has 2 aromatic heterocycles. The van der Waals surface area contributed by atoms with E-state index in [0.29, 0.717) is 32.3 Å². The molecule has 0 aliphatic carbocycles. The number of aromatic nitrogens is 1. The van der Waals surface area contributed by atoms with Gasteiger partial charge in [-0.1, -0.05) is 35.9 Å². The van der Waals surface area contributed by atoms with Gasteiger partial charge in [0.25, 0.3) is 5.91 Å². The molecular weight excluding hydrogens is 398 g/mol. The zero-order chi connectivity index (χ0) is 21.4. The Morgan fingerprint density at radius 2 is 1.63 bits per heavy atom. The fourth-order valence-electron chi connectivity index (χ4n) is 3.41. The lowest BCUT2D eigenvalue weighted by molar-refractivity contribution is 0.100. The molecule has 0 atom stereocenters. The van der Waals surface area contributed by atoms with Crippen molar-refractivity contribution in [2.45, 2.75) is 6.92 Å². The van der Waals surface area contributed by atoms with Gasteiger partial charge >= 0.3 is 0 Å². The standard InChI is InChI=1S/C23H21N3O3S/c1-12-4-6-13(7-5-12)16-11-15(14-8-9-17(28-2)18(10-14)29-3)19-20(24)21(22(25)27)30-23(19)26-16/h4-11H,24H2,1-3H3,(H2,25,27). The van der Waals surface area contributed by atoms with E-state index in [9.17, 15) is 4.79 Å². The van der Waals surface area contributed by atoms with E-state index in [0.717, 1.165) is 27.9 Å². The number of nitrogens with two attached hydrogens (primary N) is 2. The van der Waals surface area contributed by atoms with Crippen LogP contribution in [0.4, 0.5) is 5.69 Å². The molecule has 0 bridgehead atoms. The number of nitrogens with zero attached hydrogens (tertiary/aromatic N) is 1. The number of primary amides is 1. The minimum atomic E-state index is -0.564. The maximum atomic E-state index is 11.9. The van der Waals surface area contributed by atoms with Gasteiger partial charge < -0.3 is 20.9 Å². The van der Waals surface area contributed by atoms with Crippen LogP contribution < -0.4 is 20.9 Å². The number of nitrogen functional groups attached to an aromatic ring is 1. The number of rotatable bonds is 5. The maximum Gasteiger partial charge on any atom is 0.260 e. The number of fused-ring (bicyclic) bond motifs is 1. The predicted octanol–water partition coefficient (Wildman–Crippen LogP) is 4.64. The number of anilines is 1. The maximum absolute atomic E-state index is 11.9. The quantitative estimate of drug-likeness (QED) is 0.491. The fourth-order valence-corrected chi connectivity index (χ4v) is 4.38. The predicted molar refractivity (Wildman–Crippen MR) is 121 cm³/mol. The van der Waals surface area contributed by atoms with E-state index in [2.05, 4.69) is 0 Å². The smallest absolute Gasteiger partial charge is 0.260 e. The molecule has 2 aromatic carbocycles. The average Bonchev–Trinajstić information content (AvgIpc) is 3.10. The normalized spacial score (nSPS) is 10.9. The van der Waals surface area contributed by atoms with E-state index in [1.54, 1.807) is 14.2 Å². The summed E-state index contributed by atoms with van der Waals surface area (Å²) < 4.78 is 10.8. The summed E-state index contributed by atoms with van der Waals surface area (Å²) in [4.78, 5) is 17.6. The molecule has 0 unspecified atom stereocenters. The molecule has 4 N–H and O–H groups in total. The van der Waals surface area contributed by atoms with Crippen LogP contribution in [0.5, 0.6) is 11.5 Å². The first-order valence-corrected chi connectivity index (χ1v) is 10.1. The Morgan fingerprint density at radius 1 is 0.967 bits per heavy atom. The molecule has 6 nitrogen and oxygen atoms in total. The van der Waals surface area contributed by atoms with Gasteiger partial charge in [-0.2, -0.15) is 0 Å². The Morgan fingerprint density at radius 3 is 2.27 bits per heavy atom. The summed E-state index contributed by atoms with van der Waals surface area (Å²) in [6.07, 6.45) is 0. The molecule has 0 fully saturated rings. The minimum Gasteiger partial charge on any atom is -0.493 e. The van der Waals surface area contributed by atoms with E-state index in [4.69, 9.17) is 25.9 Å². The molecule has 0 aliphatic heterocycles. The molecule has 2 heterocycles. The molecule has 30 heavy (non-hydrogen) atoms. The Labute approximate surface area is 178 Å². The van der Waals surface area contributed by atoms with Crippen molar-refractivity contribution >= 4 is 33.1 Å². The van der Waals surface area contributed by atoms with Crippen LogP contribution >= 0.6 is 11.3 Å². The largest absolute Gasteiger partial charge is 0.493 e. The van der Waals surface area contributed by atoms with Crippen LogP contribution in [-0.2, 0) is 0 Å². The number of pyridine rings is 1. The lowest BCUT2D eigenvalue weighted by Gasteiger charge is -2.12. The number of carbonyl (C=O) groups excluding carboxylic acids is 1. The first-order valence-electron chi connectivity index (χ1n) is 9.25. The Balaban J connectivity index is 2.03. The summed E-state index contributed by atoms with van der Waals surface area (Å²) in [6.45, 7) is 2.04. The summed E-state index contributed by atoms with van der Waals surface area (Å²) in [5.41, 5.74) is 16.8. The highest BCUT2D eigenvalue weighted by atomic mass is 32.1. The lowest BCUT2D eigenvalue weighted by Crippen LogP contribution is -2.10. The SMILES string of the molecule is COc1ccc(-c2cc(-c3ccc(C)cc3)nc3sc(C(N)=O)c(N)c23)cc1OC.